The summed E-state index contributed by atoms with van der Waals surface area (Å²) >= 11 is 0. The van der Waals surface area contributed by atoms with Crippen molar-refractivity contribution < 1.29 is 27.8 Å². The molecule has 0 atom stereocenters. The van der Waals surface area contributed by atoms with E-state index in [1.54, 1.807) is 13.8 Å². The summed E-state index contributed by atoms with van der Waals surface area (Å²) in [7, 11) is 2.32. The van der Waals surface area contributed by atoms with Crippen LogP contribution in [0.25, 0.3) is 11.1 Å². The van der Waals surface area contributed by atoms with Crippen LogP contribution in [0.1, 0.15) is 31.8 Å². The third kappa shape index (κ3) is 2.87. The van der Waals surface area contributed by atoms with Gasteiger partial charge in [0.05, 0.1) is 25.3 Å². The minimum absolute atomic E-state index is 0.196. The zero-order chi connectivity index (χ0) is 18.0. The number of methoxy groups -OCH3 is 2. The van der Waals surface area contributed by atoms with Gasteiger partial charge in [-0.3, -0.25) is 0 Å². The normalized spacial score (nSPS) is 10.4. The number of esters is 2. The molecule has 0 spiro atoms. The number of hydrogen-bond donors (Lipinski definition) is 0. The summed E-state index contributed by atoms with van der Waals surface area (Å²) in [6.45, 7) is 3.12. The molecule has 0 unspecified atom stereocenters. The van der Waals surface area contributed by atoms with Gasteiger partial charge in [0.25, 0.3) is 0 Å². The summed E-state index contributed by atoms with van der Waals surface area (Å²) < 4.78 is 37.2. The first kappa shape index (κ1) is 17.6. The molecule has 2 aromatic rings. The SMILES string of the molecule is COC(=O)c1c(F)ccc(-c2ccc(F)c(C(=O)OC)c2C)c1C. The smallest absolute Gasteiger partial charge is 0.341 e. The molecule has 24 heavy (non-hydrogen) atoms. The van der Waals surface area contributed by atoms with E-state index < -0.39 is 23.6 Å². The van der Waals surface area contributed by atoms with E-state index in [4.69, 9.17) is 0 Å². The van der Waals surface area contributed by atoms with Gasteiger partial charge in [0, 0.05) is 0 Å². The largest absolute Gasteiger partial charge is 0.465 e. The zero-order valence-corrected chi connectivity index (χ0v) is 13.7. The first-order valence-corrected chi connectivity index (χ1v) is 7.08. The molecule has 0 aliphatic carbocycles. The fraction of sp³-hybridized carbons (Fsp3) is 0.222. The van der Waals surface area contributed by atoms with Gasteiger partial charge in [-0.05, 0) is 48.2 Å². The monoisotopic (exact) mass is 334 g/mol. The van der Waals surface area contributed by atoms with Gasteiger partial charge in [-0.1, -0.05) is 12.1 Å². The van der Waals surface area contributed by atoms with E-state index in [0.29, 0.717) is 22.3 Å². The van der Waals surface area contributed by atoms with E-state index in [0.717, 1.165) is 26.4 Å². The number of carbonyl (C=O) groups is 2. The maximum Gasteiger partial charge on any atom is 0.341 e. The molecule has 0 aliphatic heterocycles. The number of ether oxygens (including phenoxy) is 2. The van der Waals surface area contributed by atoms with Crippen molar-refractivity contribution in [2.75, 3.05) is 14.2 Å². The van der Waals surface area contributed by atoms with E-state index in [2.05, 4.69) is 9.47 Å². The number of carbonyl (C=O) groups excluding carboxylic acids is 2. The minimum atomic E-state index is -0.806. The molecule has 0 aromatic heterocycles. The second kappa shape index (κ2) is 6.78. The highest BCUT2D eigenvalue weighted by Gasteiger charge is 2.23. The number of halogens is 2. The first-order valence-electron chi connectivity index (χ1n) is 7.08. The lowest BCUT2D eigenvalue weighted by Crippen LogP contribution is -2.10. The summed E-state index contributed by atoms with van der Waals surface area (Å²) in [6, 6.07) is 5.21. The highest BCUT2D eigenvalue weighted by atomic mass is 19.1. The third-order valence-corrected chi connectivity index (χ3v) is 3.90. The number of benzene rings is 2. The Morgan fingerprint density at radius 2 is 1.08 bits per heavy atom. The van der Waals surface area contributed by atoms with Crippen LogP contribution < -0.4 is 0 Å². The molecule has 0 saturated carbocycles. The first-order chi connectivity index (χ1) is 11.3. The highest BCUT2D eigenvalue weighted by Crippen LogP contribution is 2.32. The standard InChI is InChI=1S/C18H16F2O4/c1-9-11(5-7-13(19)15(9)17(21)23-3)12-6-8-14(20)16(10(12)2)18(22)24-4/h5-8H,1-4H3. The van der Waals surface area contributed by atoms with Crippen molar-refractivity contribution in [2.45, 2.75) is 13.8 Å². The lowest BCUT2D eigenvalue weighted by Gasteiger charge is -2.15. The van der Waals surface area contributed by atoms with Crippen molar-refractivity contribution in [1.82, 2.24) is 0 Å². The Balaban J connectivity index is 2.75. The second-order valence-corrected chi connectivity index (χ2v) is 5.17. The third-order valence-electron chi connectivity index (χ3n) is 3.90. The average molecular weight is 334 g/mol. The quantitative estimate of drug-likeness (QED) is 0.801. The molecule has 0 N–H and O–H groups in total. The van der Waals surface area contributed by atoms with Gasteiger partial charge in [0.1, 0.15) is 11.6 Å². The molecule has 126 valence electrons. The van der Waals surface area contributed by atoms with Gasteiger partial charge in [-0.25, -0.2) is 18.4 Å². The van der Waals surface area contributed by atoms with Crippen molar-refractivity contribution in [3.05, 3.63) is 58.2 Å². The molecule has 0 heterocycles. The van der Waals surface area contributed by atoms with Crippen LogP contribution in [0.15, 0.2) is 24.3 Å². The molecular weight excluding hydrogens is 318 g/mol. The lowest BCUT2D eigenvalue weighted by molar-refractivity contribution is 0.0585. The summed E-state index contributed by atoms with van der Waals surface area (Å²) in [6.07, 6.45) is 0. The van der Waals surface area contributed by atoms with E-state index in [1.165, 1.54) is 12.1 Å². The highest BCUT2D eigenvalue weighted by molar-refractivity contribution is 5.96. The molecule has 4 nitrogen and oxygen atoms in total. The van der Waals surface area contributed by atoms with E-state index in [1.807, 2.05) is 0 Å². The van der Waals surface area contributed by atoms with Crippen molar-refractivity contribution in [3.63, 3.8) is 0 Å². The average Bonchev–Trinajstić information content (AvgIpc) is 2.55. The maximum atomic E-state index is 14.0. The Hall–Kier alpha value is -2.76. The van der Waals surface area contributed by atoms with Gasteiger partial charge < -0.3 is 9.47 Å². The summed E-state index contributed by atoms with van der Waals surface area (Å²) in [5.74, 6) is -3.04. The zero-order valence-electron chi connectivity index (χ0n) is 13.7. The molecule has 0 amide bonds. The van der Waals surface area contributed by atoms with Crippen molar-refractivity contribution in [2.24, 2.45) is 0 Å². The van der Waals surface area contributed by atoms with Crippen LogP contribution in [0.4, 0.5) is 8.78 Å². The van der Waals surface area contributed by atoms with Gasteiger partial charge >= 0.3 is 11.9 Å². The lowest BCUT2D eigenvalue weighted by atomic mass is 9.91. The number of rotatable bonds is 3. The van der Waals surface area contributed by atoms with Crippen molar-refractivity contribution >= 4 is 11.9 Å². The van der Waals surface area contributed by atoms with Crippen molar-refractivity contribution in [3.8, 4) is 11.1 Å². The second-order valence-electron chi connectivity index (χ2n) is 5.17. The minimum Gasteiger partial charge on any atom is -0.465 e. The van der Waals surface area contributed by atoms with Gasteiger partial charge in [0.15, 0.2) is 0 Å². The van der Waals surface area contributed by atoms with E-state index >= 15 is 0 Å². The van der Waals surface area contributed by atoms with Crippen LogP contribution in [0.2, 0.25) is 0 Å². The van der Waals surface area contributed by atoms with Crippen LogP contribution in [-0.4, -0.2) is 26.2 Å². The maximum absolute atomic E-state index is 14.0. The van der Waals surface area contributed by atoms with Gasteiger partial charge in [-0.15, -0.1) is 0 Å². The summed E-state index contributed by atoms with van der Waals surface area (Å²) in [5, 5.41) is 0. The van der Waals surface area contributed by atoms with Crippen LogP contribution >= 0.6 is 0 Å². The Bertz CT molecular complexity index is 759. The predicted molar refractivity (Wildman–Crippen MR) is 83.9 cm³/mol. The fourth-order valence-electron chi connectivity index (χ4n) is 2.65. The van der Waals surface area contributed by atoms with Crippen LogP contribution in [-0.2, 0) is 9.47 Å². The summed E-state index contributed by atoms with van der Waals surface area (Å²) in [4.78, 5) is 23.6. The van der Waals surface area contributed by atoms with Crippen LogP contribution in [0.5, 0.6) is 0 Å². The fourth-order valence-corrected chi connectivity index (χ4v) is 2.65. The Morgan fingerprint density at radius 3 is 1.38 bits per heavy atom. The molecule has 0 saturated heterocycles. The molecule has 0 fully saturated rings. The molecule has 0 aliphatic rings. The van der Waals surface area contributed by atoms with Gasteiger partial charge in [0.2, 0.25) is 0 Å². The van der Waals surface area contributed by atoms with E-state index in [9.17, 15) is 18.4 Å². The van der Waals surface area contributed by atoms with Crippen LogP contribution in [0, 0.1) is 25.5 Å². The molecule has 6 heteroatoms. The summed E-state index contributed by atoms with van der Waals surface area (Å²) in [5.41, 5.74) is 1.29. The molecular formula is C18H16F2O4. The molecule has 0 radical (unpaired) electrons. The Morgan fingerprint density at radius 1 is 0.750 bits per heavy atom. The van der Waals surface area contributed by atoms with Crippen LogP contribution in [0.3, 0.4) is 0 Å². The molecule has 2 rings (SSSR count). The Kier molecular flexibility index (Phi) is 4.97. The Labute approximate surface area is 138 Å². The topological polar surface area (TPSA) is 52.6 Å². The molecule has 0 bridgehead atoms. The predicted octanol–water partition coefficient (Wildman–Crippen LogP) is 3.82. The van der Waals surface area contributed by atoms with Gasteiger partial charge in [-0.2, -0.15) is 0 Å². The molecule has 2 aromatic carbocycles. The number of hydrogen-bond acceptors (Lipinski definition) is 4. The van der Waals surface area contributed by atoms with Crippen molar-refractivity contribution in [1.29, 1.82) is 0 Å². The van der Waals surface area contributed by atoms with E-state index in [-0.39, 0.29) is 11.1 Å².